The minimum Gasteiger partial charge on any atom is -0.327 e. The van der Waals surface area contributed by atoms with Gasteiger partial charge in [-0.2, -0.15) is 0 Å². The van der Waals surface area contributed by atoms with Gasteiger partial charge in [-0.25, -0.2) is 4.98 Å². The summed E-state index contributed by atoms with van der Waals surface area (Å²) < 4.78 is 0. The van der Waals surface area contributed by atoms with Gasteiger partial charge in [-0.1, -0.05) is 30.3 Å². The molecule has 1 aromatic carbocycles. The van der Waals surface area contributed by atoms with Crippen molar-refractivity contribution in [2.45, 2.75) is 6.42 Å². The van der Waals surface area contributed by atoms with E-state index in [0.29, 0.717) is 23.3 Å². The van der Waals surface area contributed by atoms with Crippen LogP contribution in [0.4, 0.5) is 0 Å². The molecule has 5 heteroatoms. The highest BCUT2D eigenvalue weighted by Crippen LogP contribution is 2.06. The Balaban J connectivity index is 2.04. The molecule has 0 fully saturated rings. The van der Waals surface area contributed by atoms with Crippen LogP contribution in [0.25, 0.3) is 11.0 Å². The van der Waals surface area contributed by atoms with Crippen LogP contribution in [0.5, 0.6) is 0 Å². The molecule has 0 unspecified atom stereocenters. The number of hydrogen-bond acceptors (Lipinski definition) is 4. The summed E-state index contributed by atoms with van der Waals surface area (Å²) in [4.78, 5) is 18.4. The van der Waals surface area contributed by atoms with Crippen molar-refractivity contribution >= 4 is 11.0 Å². The Kier molecular flexibility index (Phi) is 2.57. The topological polar surface area (TPSA) is 71.5 Å². The monoisotopic (exact) mass is 238 g/mol. The summed E-state index contributed by atoms with van der Waals surface area (Å²) in [6.07, 6.45) is 2.11. The van der Waals surface area contributed by atoms with Gasteiger partial charge in [-0.3, -0.25) is 4.79 Å². The van der Waals surface area contributed by atoms with Gasteiger partial charge >= 0.3 is 0 Å². The third-order valence-corrected chi connectivity index (χ3v) is 2.63. The molecule has 3 aromatic rings. The number of rotatable bonds is 2. The van der Waals surface area contributed by atoms with Gasteiger partial charge in [-0.05, 0) is 11.6 Å². The van der Waals surface area contributed by atoms with Crippen molar-refractivity contribution in [3.63, 3.8) is 0 Å². The Hall–Kier alpha value is -2.56. The van der Waals surface area contributed by atoms with E-state index in [1.54, 1.807) is 6.07 Å². The average Bonchev–Trinajstić information content (AvgIpc) is 2.41. The van der Waals surface area contributed by atoms with Crippen LogP contribution in [0, 0.1) is 0 Å². The number of benzene rings is 1. The Labute approximate surface area is 103 Å². The van der Waals surface area contributed by atoms with Crippen molar-refractivity contribution < 1.29 is 0 Å². The van der Waals surface area contributed by atoms with Crippen LogP contribution in [0.2, 0.25) is 0 Å². The van der Waals surface area contributed by atoms with Crippen molar-refractivity contribution in [1.29, 1.82) is 0 Å². The summed E-state index contributed by atoms with van der Waals surface area (Å²) in [5, 5.41) is 8.04. The number of nitrogens with zero attached hydrogens (tertiary/aromatic N) is 3. The molecule has 0 radical (unpaired) electrons. The lowest BCUT2D eigenvalue weighted by atomic mass is 10.1. The van der Waals surface area contributed by atoms with E-state index in [9.17, 15) is 4.79 Å². The number of fused-ring (bicyclic) bond motifs is 1. The highest BCUT2D eigenvalue weighted by molar-refractivity contribution is 5.71. The van der Waals surface area contributed by atoms with Crippen LogP contribution in [0.15, 0.2) is 47.4 Å². The van der Waals surface area contributed by atoms with Gasteiger partial charge in [0.05, 0.1) is 0 Å². The summed E-state index contributed by atoms with van der Waals surface area (Å²) in [7, 11) is 0. The van der Waals surface area contributed by atoms with Gasteiger partial charge in [-0.15, -0.1) is 10.2 Å². The Morgan fingerprint density at radius 3 is 2.72 bits per heavy atom. The molecule has 0 saturated carbocycles. The number of pyridine rings is 1. The molecule has 1 N–H and O–H groups in total. The van der Waals surface area contributed by atoms with Crippen LogP contribution in [-0.2, 0) is 6.42 Å². The molecular formula is C13H10N4O. The summed E-state index contributed by atoms with van der Waals surface area (Å²) in [5.74, 6) is 0.547. The molecule has 0 saturated heterocycles. The summed E-state index contributed by atoms with van der Waals surface area (Å²) in [6, 6.07) is 11.5. The number of nitrogens with one attached hydrogen (secondary N) is 1. The maximum absolute atomic E-state index is 11.6. The van der Waals surface area contributed by atoms with Gasteiger partial charge in [0, 0.05) is 12.6 Å². The van der Waals surface area contributed by atoms with Gasteiger partial charge in [0.2, 0.25) is 0 Å². The van der Waals surface area contributed by atoms with Crippen LogP contribution in [0.3, 0.4) is 0 Å². The minimum absolute atomic E-state index is 0.239. The molecule has 0 aliphatic carbocycles. The Morgan fingerprint density at radius 1 is 1.06 bits per heavy atom. The highest BCUT2D eigenvalue weighted by atomic mass is 16.1. The maximum atomic E-state index is 11.6. The number of aromatic nitrogens is 4. The molecule has 0 bridgehead atoms. The van der Waals surface area contributed by atoms with Gasteiger partial charge in [0.25, 0.3) is 5.56 Å². The molecule has 0 amide bonds. The fourth-order valence-electron chi connectivity index (χ4n) is 1.76. The van der Waals surface area contributed by atoms with Crippen molar-refractivity contribution in [3.8, 4) is 0 Å². The van der Waals surface area contributed by atoms with Crippen LogP contribution in [-0.4, -0.2) is 20.2 Å². The average molecular weight is 238 g/mol. The van der Waals surface area contributed by atoms with E-state index < -0.39 is 0 Å². The molecule has 0 aliphatic rings. The predicted octanol–water partition coefficient (Wildman–Crippen LogP) is 1.30. The first-order chi connectivity index (χ1) is 8.83. The highest BCUT2D eigenvalue weighted by Gasteiger charge is 2.05. The fourth-order valence-corrected chi connectivity index (χ4v) is 1.76. The van der Waals surface area contributed by atoms with Crippen LogP contribution < -0.4 is 5.56 Å². The standard InChI is InChI=1S/C13H10N4O/c18-13-12-10(6-7-14-13)16-17-11(15-12)8-9-4-2-1-3-5-9/h1-7H,8H2,(H,14,18). The van der Waals surface area contributed by atoms with Gasteiger partial charge in [0.15, 0.2) is 11.3 Å². The first-order valence-electron chi connectivity index (χ1n) is 5.58. The molecule has 18 heavy (non-hydrogen) atoms. The summed E-state index contributed by atoms with van der Waals surface area (Å²) >= 11 is 0. The first-order valence-corrected chi connectivity index (χ1v) is 5.58. The third-order valence-electron chi connectivity index (χ3n) is 2.63. The first kappa shape index (κ1) is 10.6. The quantitative estimate of drug-likeness (QED) is 0.730. The van der Waals surface area contributed by atoms with E-state index in [1.807, 2.05) is 30.3 Å². The van der Waals surface area contributed by atoms with Crippen molar-refractivity contribution in [2.75, 3.05) is 0 Å². The molecule has 3 rings (SSSR count). The Morgan fingerprint density at radius 2 is 1.89 bits per heavy atom. The lowest BCUT2D eigenvalue weighted by Crippen LogP contribution is -2.10. The van der Waals surface area contributed by atoms with E-state index in [0.717, 1.165) is 5.56 Å². The van der Waals surface area contributed by atoms with E-state index in [4.69, 9.17) is 0 Å². The number of aromatic amines is 1. The molecule has 0 spiro atoms. The van der Waals surface area contributed by atoms with E-state index in [2.05, 4.69) is 20.2 Å². The second-order valence-corrected chi connectivity index (χ2v) is 3.93. The maximum Gasteiger partial charge on any atom is 0.276 e. The molecule has 0 aliphatic heterocycles. The van der Waals surface area contributed by atoms with Crippen molar-refractivity contribution in [1.82, 2.24) is 20.2 Å². The van der Waals surface area contributed by atoms with Crippen molar-refractivity contribution in [2.24, 2.45) is 0 Å². The molecule has 2 heterocycles. The largest absolute Gasteiger partial charge is 0.327 e. The molecule has 88 valence electrons. The normalized spacial score (nSPS) is 10.7. The van der Waals surface area contributed by atoms with E-state index in [1.165, 1.54) is 6.20 Å². The number of H-pyrrole nitrogens is 1. The summed E-state index contributed by atoms with van der Waals surface area (Å²) in [6.45, 7) is 0. The second kappa shape index (κ2) is 4.37. The van der Waals surface area contributed by atoms with Crippen molar-refractivity contribution in [3.05, 3.63) is 64.3 Å². The summed E-state index contributed by atoms with van der Waals surface area (Å²) in [5.41, 5.74) is 1.69. The van der Waals surface area contributed by atoms with E-state index >= 15 is 0 Å². The molecule has 0 atom stereocenters. The smallest absolute Gasteiger partial charge is 0.276 e. The van der Waals surface area contributed by atoms with Gasteiger partial charge < -0.3 is 4.98 Å². The lowest BCUT2D eigenvalue weighted by Gasteiger charge is -2.00. The fraction of sp³-hybridized carbons (Fsp3) is 0.0769. The lowest BCUT2D eigenvalue weighted by molar-refractivity contribution is 0.895. The SMILES string of the molecule is O=c1[nH]ccc2nnc(Cc3ccccc3)nc12. The zero-order chi connectivity index (χ0) is 12.4. The van der Waals surface area contributed by atoms with Crippen LogP contribution >= 0.6 is 0 Å². The molecule has 2 aromatic heterocycles. The van der Waals surface area contributed by atoms with Crippen LogP contribution in [0.1, 0.15) is 11.4 Å². The predicted molar refractivity (Wildman–Crippen MR) is 67.2 cm³/mol. The third kappa shape index (κ3) is 1.98. The minimum atomic E-state index is -0.239. The zero-order valence-electron chi connectivity index (χ0n) is 9.50. The molecular weight excluding hydrogens is 228 g/mol. The number of hydrogen-bond donors (Lipinski definition) is 1. The second-order valence-electron chi connectivity index (χ2n) is 3.93. The molecule has 5 nitrogen and oxygen atoms in total. The van der Waals surface area contributed by atoms with Gasteiger partial charge in [0.1, 0.15) is 5.52 Å². The van der Waals surface area contributed by atoms with E-state index in [-0.39, 0.29) is 5.56 Å². The zero-order valence-corrected chi connectivity index (χ0v) is 9.50. The Bertz CT molecular complexity index is 737.